The van der Waals surface area contributed by atoms with Gasteiger partial charge in [-0.15, -0.1) is 0 Å². The second-order valence-corrected chi connectivity index (χ2v) is 2.90. The standard InChI is InChI=1S/C8H8O2/c9-7-4-2-5-1-3-6(7)8(5)10/h2,4-6H,1,3H2. The highest BCUT2D eigenvalue weighted by molar-refractivity contribution is 6.12. The first-order valence-corrected chi connectivity index (χ1v) is 3.55. The summed E-state index contributed by atoms with van der Waals surface area (Å²) in [5.74, 6) is -0.0380. The molecule has 0 spiro atoms. The molecule has 0 aromatic rings. The first-order valence-electron chi connectivity index (χ1n) is 3.55. The number of fused-ring (bicyclic) bond motifs is 2. The second-order valence-electron chi connectivity index (χ2n) is 2.90. The first-order chi connectivity index (χ1) is 4.79. The highest BCUT2D eigenvalue weighted by Crippen LogP contribution is 2.32. The molecule has 2 atom stereocenters. The van der Waals surface area contributed by atoms with Gasteiger partial charge in [-0.25, -0.2) is 0 Å². The SMILES string of the molecule is O=C1C=CC2CCC1C2=O. The monoisotopic (exact) mass is 136 g/mol. The molecule has 0 heterocycles. The summed E-state index contributed by atoms with van der Waals surface area (Å²) in [6.45, 7) is 0. The third-order valence-corrected chi connectivity index (χ3v) is 2.31. The first kappa shape index (κ1) is 5.83. The predicted octanol–water partition coefficient (Wildman–Crippen LogP) is 0.721. The highest BCUT2D eigenvalue weighted by atomic mass is 16.2. The van der Waals surface area contributed by atoms with Gasteiger partial charge in [0.05, 0.1) is 5.92 Å². The zero-order valence-electron chi connectivity index (χ0n) is 5.54. The molecule has 10 heavy (non-hydrogen) atoms. The van der Waals surface area contributed by atoms with Crippen molar-refractivity contribution < 1.29 is 9.59 Å². The molecule has 52 valence electrons. The van der Waals surface area contributed by atoms with E-state index >= 15 is 0 Å². The van der Waals surface area contributed by atoms with E-state index in [4.69, 9.17) is 0 Å². The average Bonchev–Trinajstić information content (AvgIpc) is 2.13. The number of allylic oxidation sites excluding steroid dienone is 2. The Morgan fingerprint density at radius 1 is 1.30 bits per heavy atom. The molecule has 0 N–H and O–H groups in total. The molecule has 1 fully saturated rings. The fraction of sp³-hybridized carbons (Fsp3) is 0.500. The van der Waals surface area contributed by atoms with Crippen LogP contribution in [0.3, 0.4) is 0 Å². The Morgan fingerprint density at radius 3 is 2.80 bits per heavy atom. The molecule has 0 saturated heterocycles. The van der Waals surface area contributed by atoms with Gasteiger partial charge in [0.25, 0.3) is 0 Å². The van der Waals surface area contributed by atoms with Crippen molar-refractivity contribution >= 4 is 11.6 Å². The molecule has 2 nitrogen and oxygen atoms in total. The molecule has 0 aliphatic heterocycles. The number of rotatable bonds is 0. The lowest BCUT2D eigenvalue weighted by Crippen LogP contribution is -2.23. The third kappa shape index (κ3) is 0.589. The summed E-state index contributed by atoms with van der Waals surface area (Å²) >= 11 is 0. The van der Waals surface area contributed by atoms with Gasteiger partial charge in [0.15, 0.2) is 11.6 Å². The lowest BCUT2D eigenvalue weighted by molar-refractivity contribution is -0.130. The second kappa shape index (κ2) is 1.78. The maximum atomic E-state index is 11.1. The van der Waals surface area contributed by atoms with Crippen LogP contribution < -0.4 is 0 Å². The summed E-state index contributed by atoms with van der Waals surface area (Å²) < 4.78 is 0. The molecule has 2 unspecified atom stereocenters. The normalized spacial score (nSPS) is 37.2. The van der Waals surface area contributed by atoms with Crippen LogP contribution in [0.1, 0.15) is 12.8 Å². The average molecular weight is 136 g/mol. The number of hydrogen-bond donors (Lipinski definition) is 0. The van der Waals surface area contributed by atoms with E-state index in [2.05, 4.69) is 0 Å². The van der Waals surface area contributed by atoms with Gasteiger partial charge in [0, 0.05) is 5.92 Å². The largest absolute Gasteiger partial charge is 0.298 e. The van der Waals surface area contributed by atoms with E-state index < -0.39 is 0 Å². The number of ketones is 2. The topological polar surface area (TPSA) is 34.1 Å². The molecule has 2 aliphatic carbocycles. The Labute approximate surface area is 58.9 Å². The van der Waals surface area contributed by atoms with Gasteiger partial charge in [-0.3, -0.25) is 9.59 Å². The van der Waals surface area contributed by atoms with Gasteiger partial charge >= 0.3 is 0 Å². The van der Waals surface area contributed by atoms with Crippen molar-refractivity contribution in [3.8, 4) is 0 Å². The van der Waals surface area contributed by atoms with Crippen molar-refractivity contribution in [2.75, 3.05) is 0 Å². The number of carbonyl (C=O) groups excluding carboxylic acids is 2. The van der Waals surface area contributed by atoms with Crippen molar-refractivity contribution in [1.82, 2.24) is 0 Å². The van der Waals surface area contributed by atoms with E-state index in [0.717, 1.165) is 12.8 Å². The Bertz CT molecular complexity index is 227. The zero-order valence-corrected chi connectivity index (χ0v) is 5.54. The Morgan fingerprint density at radius 2 is 2.10 bits per heavy atom. The summed E-state index contributed by atoms with van der Waals surface area (Å²) in [4.78, 5) is 22.1. The lowest BCUT2D eigenvalue weighted by Gasteiger charge is -2.08. The number of Topliss-reactive ketones (excluding diaryl/α,β-unsaturated/α-hetero) is 1. The van der Waals surface area contributed by atoms with Crippen LogP contribution in [0, 0.1) is 11.8 Å². The van der Waals surface area contributed by atoms with E-state index in [1.165, 1.54) is 0 Å². The molecule has 2 rings (SSSR count). The maximum absolute atomic E-state index is 11.1. The number of carbonyl (C=O) groups is 2. The smallest absolute Gasteiger partial charge is 0.165 e. The molecule has 0 aromatic heterocycles. The van der Waals surface area contributed by atoms with Crippen LogP contribution in [0.25, 0.3) is 0 Å². The van der Waals surface area contributed by atoms with Crippen molar-refractivity contribution in [3.63, 3.8) is 0 Å². The van der Waals surface area contributed by atoms with Crippen molar-refractivity contribution in [3.05, 3.63) is 12.2 Å². The van der Waals surface area contributed by atoms with Gasteiger partial charge < -0.3 is 0 Å². The predicted molar refractivity (Wildman–Crippen MR) is 35.4 cm³/mol. The molecule has 0 radical (unpaired) electrons. The van der Waals surface area contributed by atoms with E-state index in [9.17, 15) is 9.59 Å². The van der Waals surface area contributed by atoms with Crippen molar-refractivity contribution in [2.24, 2.45) is 11.8 Å². The lowest BCUT2D eigenvalue weighted by atomic mass is 9.93. The minimum absolute atomic E-state index is 0.0127. The fourth-order valence-electron chi connectivity index (χ4n) is 1.69. The van der Waals surface area contributed by atoms with Gasteiger partial charge in [-0.2, -0.15) is 0 Å². The fourth-order valence-corrected chi connectivity index (χ4v) is 1.69. The van der Waals surface area contributed by atoms with Crippen molar-refractivity contribution in [2.45, 2.75) is 12.8 Å². The summed E-state index contributed by atoms with van der Waals surface area (Å²) in [6.07, 6.45) is 4.96. The Balaban J connectivity index is 2.42. The molecule has 2 heteroatoms. The van der Waals surface area contributed by atoms with Crippen molar-refractivity contribution in [1.29, 1.82) is 0 Å². The minimum Gasteiger partial charge on any atom is -0.298 e. The Kier molecular flexibility index (Phi) is 1.04. The number of hydrogen-bond acceptors (Lipinski definition) is 2. The van der Waals surface area contributed by atoms with Crippen LogP contribution in [0.15, 0.2) is 12.2 Å². The van der Waals surface area contributed by atoms with Crippen LogP contribution in [-0.2, 0) is 9.59 Å². The van der Waals surface area contributed by atoms with Crippen LogP contribution in [0.5, 0.6) is 0 Å². The minimum atomic E-state index is -0.269. The quantitative estimate of drug-likeness (QED) is 0.460. The van der Waals surface area contributed by atoms with Crippen LogP contribution in [-0.4, -0.2) is 11.6 Å². The molecule has 2 aliphatic rings. The van der Waals surface area contributed by atoms with Crippen LogP contribution in [0.4, 0.5) is 0 Å². The van der Waals surface area contributed by atoms with E-state index in [1.807, 2.05) is 0 Å². The third-order valence-electron chi connectivity index (χ3n) is 2.31. The van der Waals surface area contributed by atoms with Gasteiger partial charge in [0.1, 0.15) is 0 Å². The maximum Gasteiger partial charge on any atom is 0.165 e. The van der Waals surface area contributed by atoms with E-state index in [-0.39, 0.29) is 23.4 Å². The molecule has 0 amide bonds. The highest BCUT2D eigenvalue weighted by Gasteiger charge is 2.39. The van der Waals surface area contributed by atoms with Crippen LogP contribution >= 0.6 is 0 Å². The molecule has 0 aromatic carbocycles. The summed E-state index contributed by atoms with van der Waals surface area (Å²) in [6, 6.07) is 0. The van der Waals surface area contributed by atoms with Gasteiger partial charge in [-0.1, -0.05) is 6.08 Å². The van der Waals surface area contributed by atoms with Gasteiger partial charge in [-0.05, 0) is 18.9 Å². The van der Waals surface area contributed by atoms with Gasteiger partial charge in [0.2, 0.25) is 0 Å². The molecule has 2 bridgehead atoms. The summed E-state index contributed by atoms with van der Waals surface area (Å²) in [5.41, 5.74) is 0. The molecular weight excluding hydrogens is 128 g/mol. The van der Waals surface area contributed by atoms with E-state index in [1.54, 1.807) is 12.2 Å². The Hall–Kier alpha value is -0.920. The van der Waals surface area contributed by atoms with E-state index in [0.29, 0.717) is 0 Å². The summed E-state index contributed by atoms with van der Waals surface area (Å²) in [5, 5.41) is 0. The molecular formula is C8H8O2. The zero-order chi connectivity index (χ0) is 7.14. The molecule has 1 saturated carbocycles. The van der Waals surface area contributed by atoms with Crippen LogP contribution in [0.2, 0.25) is 0 Å². The summed E-state index contributed by atoms with van der Waals surface area (Å²) in [7, 11) is 0.